The molecule has 0 aliphatic rings. The molecule has 0 heterocycles. The Kier molecular flexibility index (Phi) is 5.00. The van der Waals surface area contributed by atoms with Crippen molar-refractivity contribution in [3.8, 4) is 5.75 Å². The van der Waals surface area contributed by atoms with E-state index >= 15 is 0 Å². The van der Waals surface area contributed by atoms with Crippen LogP contribution < -0.4 is 4.52 Å². The quantitative estimate of drug-likeness (QED) is 0.557. The molecule has 8 heteroatoms. The molecule has 84 valence electrons. The Morgan fingerprint density at radius 1 is 1.27 bits per heavy atom. The van der Waals surface area contributed by atoms with Crippen molar-refractivity contribution in [2.45, 2.75) is 0 Å². The number of carboxylic acids is 1. The normalized spacial score (nSPS) is 10.3. The number of benzene rings is 1. The van der Waals surface area contributed by atoms with Gasteiger partial charge in [0.25, 0.3) is 0 Å². The van der Waals surface area contributed by atoms with Crippen molar-refractivity contribution in [3.63, 3.8) is 0 Å². The van der Waals surface area contributed by atoms with E-state index in [2.05, 4.69) is 4.52 Å². The van der Waals surface area contributed by atoms with Gasteiger partial charge in [-0.2, -0.15) is 0 Å². The van der Waals surface area contributed by atoms with Crippen molar-refractivity contribution in [2.24, 2.45) is 0 Å². The molecule has 0 saturated heterocycles. The monoisotopic (exact) mass is 274 g/mol. The van der Waals surface area contributed by atoms with E-state index in [9.17, 15) is 9.36 Å². The van der Waals surface area contributed by atoms with E-state index in [-0.39, 0.29) is 28.4 Å². The molecule has 6 nitrogen and oxygen atoms in total. The van der Waals surface area contributed by atoms with Crippen molar-refractivity contribution in [1.29, 1.82) is 0 Å². The molecule has 1 aromatic rings. The van der Waals surface area contributed by atoms with E-state index in [1.807, 2.05) is 0 Å². The molecule has 0 spiro atoms. The van der Waals surface area contributed by atoms with Crippen LogP contribution in [0.2, 0.25) is 0 Å². The van der Waals surface area contributed by atoms with Gasteiger partial charge in [-0.05, 0) is 12.1 Å². The number of hydrogen-bond donors (Lipinski definition) is 3. The summed E-state index contributed by atoms with van der Waals surface area (Å²) in [5.74, 6) is -1.66. The van der Waals surface area contributed by atoms with Crippen LogP contribution in [-0.2, 0) is 21.6 Å². The first kappa shape index (κ1) is 14.2. The standard InChI is InChI=1S/C7H7O6P.Fe/c8-7(9)5-3-1-2-4-6(5)13-14(10,11)12;/h1-4H,(H,8,9)(H2,10,11,12);. The van der Waals surface area contributed by atoms with Crippen molar-refractivity contribution < 1.29 is 45.8 Å². The van der Waals surface area contributed by atoms with Gasteiger partial charge in [-0.15, -0.1) is 0 Å². The van der Waals surface area contributed by atoms with Crippen LogP contribution in [0.3, 0.4) is 0 Å². The van der Waals surface area contributed by atoms with Gasteiger partial charge in [0.05, 0.1) is 0 Å². The molecule has 0 aliphatic heterocycles. The summed E-state index contributed by atoms with van der Waals surface area (Å²) in [5, 5.41) is 8.63. The average molecular weight is 274 g/mol. The molecule has 0 saturated carbocycles. The molecular formula is C7H7FeO6P. The van der Waals surface area contributed by atoms with Crippen LogP contribution in [0.5, 0.6) is 5.75 Å². The number of phosphoric acid groups is 1. The van der Waals surface area contributed by atoms with Crippen LogP contribution in [0.1, 0.15) is 10.4 Å². The Labute approximate surface area is 95.6 Å². The van der Waals surface area contributed by atoms with Gasteiger partial charge in [0.15, 0.2) is 0 Å². The van der Waals surface area contributed by atoms with E-state index in [1.165, 1.54) is 24.3 Å². The summed E-state index contributed by atoms with van der Waals surface area (Å²) in [5.41, 5.74) is -0.296. The first-order chi connectivity index (χ1) is 6.40. The van der Waals surface area contributed by atoms with E-state index in [0.29, 0.717) is 0 Å². The summed E-state index contributed by atoms with van der Waals surface area (Å²) in [7, 11) is -4.72. The van der Waals surface area contributed by atoms with Crippen LogP contribution in [0, 0.1) is 0 Å². The van der Waals surface area contributed by atoms with Crippen LogP contribution in [0.25, 0.3) is 0 Å². The van der Waals surface area contributed by atoms with E-state index in [0.717, 1.165) is 0 Å². The van der Waals surface area contributed by atoms with E-state index in [1.54, 1.807) is 0 Å². The Bertz CT molecular complexity index is 400. The minimum absolute atomic E-state index is 0. The predicted octanol–water partition coefficient (Wildman–Crippen LogP) is 0.854. The first-order valence-electron chi connectivity index (χ1n) is 3.47. The first-order valence-corrected chi connectivity index (χ1v) is 5.00. The van der Waals surface area contributed by atoms with Crippen LogP contribution >= 0.6 is 7.82 Å². The second kappa shape index (κ2) is 5.30. The molecule has 0 aromatic heterocycles. The Hall–Kier alpha value is -0.841. The summed E-state index contributed by atoms with van der Waals surface area (Å²) in [6.07, 6.45) is 0. The summed E-state index contributed by atoms with van der Waals surface area (Å²) < 4.78 is 14.6. The molecule has 1 rings (SSSR count). The maximum atomic E-state index is 10.6. The van der Waals surface area contributed by atoms with Crippen molar-refractivity contribution >= 4 is 13.8 Å². The van der Waals surface area contributed by atoms with Crippen LogP contribution in [-0.4, -0.2) is 20.9 Å². The second-order valence-electron chi connectivity index (χ2n) is 2.38. The predicted molar refractivity (Wildman–Crippen MR) is 46.1 cm³/mol. The summed E-state index contributed by atoms with van der Waals surface area (Å²) in [6.45, 7) is 0. The third-order valence-corrected chi connectivity index (χ3v) is 1.77. The molecule has 0 aliphatic carbocycles. The van der Waals surface area contributed by atoms with Gasteiger partial charge in [-0.25, -0.2) is 9.36 Å². The van der Waals surface area contributed by atoms with Crippen molar-refractivity contribution in [2.75, 3.05) is 0 Å². The van der Waals surface area contributed by atoms with Gasteiger partial charge in [-0.3, -0.25) is 9.79 Å². The van der Waals surface area contributed by atoms with Crippen molar-refractivity contribution in [3.05, 3.63) is 29.8 Å². The molecule has 0 amide bonds. The van der Waals surface area contributed by atoms with Crippen molar-refractivity contribution in [1.82, 2.24) is 0 Å². The number of carboxylic acid groups (broad SMARTS) is 1. The van der Waals surface area contributed by atoms with Crippen LogP contribution in [0.15, 0.2) is 24.3 Å². The smallest absolute Gasteiger partial charge is 0.478 e. The Balaban J connectivity index is 0.00000196. The molecule has 3 N–H and O–H groups in total. The van der Waals surface area contributed by atoms with E-state index in [4.69, 9.17) is 14.9 Å². The minimum Gasteiger partial charge on any atom is -0.478 e. The summed E-state index contributed by atoms with van der Waals surface area (Å²) in [6, 6.07) is 5.20. The topological polar surface area (TPSA) is 104 Å². The zero-order chi connectivity index (χ0) is 10.8. The van der Waals surface area contributed by atoms with E-state index < -0.39 is 13.8 Å². The molecular weight excluding hydrogens is 267 g/mol. The minimum atomic E-state index is -4.72. The Morgan fingerprint density at radius 3 is 2.27 bits per heavy atom. The molecule has 0 unspecified atom stereocenters. The summed E-state index contributed by atoms with van der Waals surface area (Å²) in [4.78, 5) is 27.5. The van der Waals surface area contributed by atoms with Crippen LogP contribution in [0.4, 0.5) is 0 Å². The molecule has 1 aromatic carbocycles. The fourth-order valence-corrected chi connectivity index (χ4v) is 1.27. The average Bonchev–Trinajstić information content (AvgIpc) is 2.01. The van der Waals surface area contributed by atoms with Gasteiger partial charge >= 0.3 is 13.8 Å². The largest absolute Gasteiger partial charge is 0.524 e. The maximum Gasteiger partial charge on any atom is 0.524 e. The number of aromatic carboxylic acids is 1. The molecule has 0 fully saturated rings. The SMILES string of the molecule is O=C(O)c1ccccc1OP(=O)(O)O.[Fe]. The molecule has 15 heavy (non-hydrogen) atoms. The maximum absolute atomic E-state index is 10.6. The molecule has 0 radical (unpaired) electrons. The third-order valence-electron chi connectivity index (χ3n) is 1.33. The zero-order valence-electron chi connectivity index (χ0n) is 7.18. The number of rotatable bonds is 3. The van der Waals surface area contributed by atoms with Gasteiger partial charge in [0.2, 0.25) is 0 Å². The van der Waals surface area contributed by atoms with Gasteiger partial charge in [0.1, 0.15) is 11.3 Å². The number of hydrogen-bond acceptors (Lipinski definition) is 3. The summed E-state index contributed by atoms with van der Waals surface area (Å²) >= 11 is 0. The van der Waals surface area contributed by atoms with Gasteiger partial charge < -0.3 is 9.63 Å². The fourth-order valence-electron chi connectivity index (χ4n) is 0.851. The molecule has 0 bridgehead atoms. The van der Waals surface area contributed by atoms with Gasteiger partial charge in [-0.1, -0.05) is 12.1 Å². The fraction of sp³-hybridized carbons (Fsp3) is 0. The third kappa shape index (κ3) is 4.46. The number of phosphoric ester groups is 1. The number of para-hydroxylation sites is 1. The van der Waals surface area contributed by atoms with Gasteiger partial charge in [0, 0.05) is 17.1 Å². The Morgan fingerprint density at radius 2 is 1.80 bits per heavy atom. The second-order valence-corrected chi connectivity index (χ2v) is 3.55. The molecule has 0 atom stereocenters. The number of carbonyl (C=O) groups is 1. The zero-order valence-corrected chi connectivity index (χ0v) is 9.18.